The molecule has 12 heavy (non-hydrogen) atoms. The van der Waals surface area contributed by atoms with Crippen LogP contribution >= 0.6 is 0 Å². The molecule has 1 amide bonds. The molecule has 0 bridgehead atoms. The van der Waals surface area contributed by atoms with Crippen LogP contribution in [-0.4, -0.2) is 37.0 Å². The van der Waals surface area contributed by atoms with Crippen LogP contribution in [0, 0.1) is 0 Å². The molecule has 0 saturated carbocycles. The summed E-state index contributed by atoms with van der Waals surface area (Å²) in [4.78, 5) is 12.9. The van der Waals surface area contributed by atoms with Crippen LogP contribution in [-0.2, 0) is 9.47 Å². The first-order chi connectivity index (χ1) is 5.83. The van der Waals surface area contributed by atoms with E-state index in [0.717, 1.165) is 19.3 Å². The molecular formula is C8H13NO3. The number of hydrogen-bond acceptors (Lipinski definition) is 3. The molecule has 0 unspecified atom stereocenters. The van der Waals surface area contributed by atoms with Crippen molar-refractivity contribution < 1.29 is 14.3 Å². The molecule has 2 heterocycles. The number of rotatable bonds is 1. The Bertz CT molecular complexity index is 195. The van der Waals surface area contributed by atoms with Gasteiger partial charge in [-0.05, 0) is 19.3 Å². The largest absolute Gasteiger partial charge is 0.447 e. The van der Waals surface area contributed by atoms with Gasteiger partial charge in [-0.25, -0.2) is 4.79 Å². The fourth-order valence-electron chi connectivity index (χ4n) is 1.95. The number of amides is 1. The summed E-state index contributed by atoms with van der Waals surface area (Å²) in [7, 11) is 1.64. The number of fused-ring (bicyclic) bond motifs is 1. The highest BCUT2D eigenvalue weighted by Crippen LogP contribution is 2.28. The summed E-state index contributed by atoms with van der Waals surface area (Å²) in [5.41, 5.74) is 0. The van der Waals surface area contributed by atoms with Gasteiger partial charge in [-0.2, -0.15) is 0 Å². The van der Waals surface area contributed by atoms with Crippen LogP contribution in [0.3, 0.4) is 0 Å². The average Bonchev–Trinajstić information content (AvgIpc) is 2.48. The van der Waals surface area contributed by atoms with Gasteiger partial charge in [0, 0.05) is 7.11 Å². The van der Waals surface area contributed by atoms with E-state index in [4.69, 9.17) is 9.47 Å². The quantitative estimate of drug-likeness (QED) is 0.590. The second-order valence-corrected chi connectivity index (χ2v) is 3.26. The zero-order valence-corrected chi connectivity index (χ0v) is 7.16. The number of piperidine rings is 1. The molecule has 68 valence electrons. The maximum atomic E-state index is 11.2. The van der Waals surface area contributed by atoms with Gasteiger partial charge in [0.05, 0.1) is 6.04 Å². The van der Waals surface area contributed by atoms with Gasteiger partial charge in [-0.1, -0.05) is 0 Å². The predicted molar refractivity (Wildman–Crippen MR) is 41.6 cm³/mol. The molecule has 2 saturated heterocycles. The normalized spacial score (nSPS) is 34.8. The van der Waals surface area contributed by atoms with E-state index in [9.17, 15) is 4.79 Å². The smallest absolute Gasteiger partial charge is 0.412 e. The summed E-state index contributed by atoms with van der Waals surface area (Å²) in [6.07, 6.45) is 2.83. The van der Waals surface area contributed by atoms with E-state index in [2.05, 4.69) is 0 Å². The lowest BCUT2D eigenvalue weighted by atomic mass is 10.0. The highest BCUT2D eigenvalue weighted by molar-refractivity contribution is 5.70. The van der Waals surface area contributed by atoms with Crippen molar-refractivity contribution in [2.24, 2.45) is 0 Å². The highest BCUT2D eigenvalue weighted by Gasteiger charge is 2.40. The van der Waals surface area contributed by atoms with E-state index < -0.39 is 0 Å². The lowest BCUT2D eigenvalue weighted by molar-refractivity contribution is -0.0418. The lowest BCUT2D eigenvalue weighted by Gasteiger charge is -2.33. The van der Waals surface area contributed by atoms with Gasteiger partial charge in [0.25, 0.3) is 0 Å². The number of nitrogens with zero attached hydrogens (tertiary/aromatic N) is 1. The maximum Gasteiger partial charge on any atom is 0.412 e. The molecule has 2 fully saturated rings. The number of carbonyl (C=O) groups is 1. The topological polar surface area (TPSA) is 38.8 Å². The Labute approximate surface area is 71.4 Å². The second-order valence-electron chi connectivity index (χ2n) is 3.26. The van der Waals surface area contributed by atoms with Crippen molar-refractivity contribution in [3.8, 4) is 0 Å². The summed E-state index contributed by atoms with van der Waals surface area (Å²) in [5, 5.41) is 0. The van der Waals surface area contributed by atoms with E-state index in [1.807, 2.05) is 0 Å². The van der Waals surface area contributed by atoms with Gasteiger partial charge in [0.15, 0.2) is 0 Å². The molecule has 0 aromatic rings. The Balaban J connectivity index is 2.12. The third-order valence-corrected chi connectivity index (χ3v) is 2.57. The molecule has 2 atom stereocenters. The summed E-state index contributed by atoms with van der Waals surface area (Å²) < 4.78 is 10.1. The van der Waals surface area contributed by atoms with Crippen molar-refractivity contribution in [2.75, 3.05) is 13.7 Å². The molecule has 0 N–H and O–H groups in total. The third kappa shape index (κ3) is 1.06. The van der Waals surface area contributed by atoms with Crippen LogP contribution in [0.5, 0.6) is 0 Å². The summed E-state index contributed by atoms with van der Waals surface area (Å²) in [6.45, 7) is 0.540. The Hall–Kier alpha value is -0.770. The predicted octanol–water partition coefficient (Wildman–Crippen LogP) is 0.964. The van der Waals surface area contributed by atoms with Crippen molar-refractivity contribution in [3.05, 3.63) is 0 Å². The van der Waals surface area contributed by atoms with Crippen LogP contribution in [0.2, 0.25) is 0 Å². The molecule has 0 aromatic carbocycles. The minimum absolute atomic E-state index is 0.0567. The molecule has 0 radical (unpaired) electrons. The zero-order valence-electron chi connectivity index (χ0n) is 7.16. The Kier molecular flexibility index (Phi) is 1.92. The lowest BCUT2D eigenvalue weighted by Crippen LogP contribution is -2.46. The summed E-state index contributed by atoms with van der Waals surface area (Å²) in [6, 6.07) is 0.260. The first-order valence-corrected chi connectivity index (χ1v) is 4.31. The summed E-state index contributed by atoms with van der Waals surface area (Å²) >= 11 is 0. The zero-order chi connectivity index (χ0) is 8.55. The Morgan fingerprint density at radius 2 is 2.42 bits per heavy atom. The van der Waals surface area contributed by atoms with Crippen molar-refractivity contribution in [1.29, 1.82) is 0 Å². The molecule has 4 heteroatoms. The molecule has 2 aliphatic heterocycles. The Morgan fingerprint density at radius 1 is 1.58 bits per heavy atom. The van der Waals surface area contributed by atoms with Crippen molar-refractivity contribution in [2.45, 2.75) is 31.5 Å². The molecule has 2 rings (SSSR count). The van der Waals surface area contributed by atoms with E-state index in [0.29, 0.717) is 6.61 Å². The second kappa shape index (κ2) is 2.94. The van der Waals surface area contributed by atoms with Gasteiger partial charge >= 0.3 is 6.09 Å². The molecular weight excluding hydrogens is 158 g/mol. The third-order valence-electron chi connectivity index (χ3n) is 2.57. The van der Waals surface area contributed by atoms with Gasteiger partial charge in [-0.3, -0.25) is 4.90 Å². The van der Waals surface area contributed by atoms with E-state index in [1.165, 1.54) is 0 Å². The fourth-order valence-corrected chi connectivity index (χ4v) is 1.95. The molecule has 2 aliphatic rings. The van der Waals surface area contributed by atoms with E-state index >= 15 is 0 Å². The van der Waals surface area contributed by atoms with Crippen LogP contribution in [0.25, 0.3) is 0 Å². The fraction of sp³-hybridized carbons (Fsp3) is 0.875. The van der Waals surface area contributed by atoms with E-state index in [-0.39, 0.29) is 18.4 Å². The number of cyclic esters (lactones) is 1. The van der Waals surface area contributed by atoms with Crippen molar-refractivity contribution >= 4 is 6.09 Å². The van der Waals surface area contributed by atoms with Gasteiger partial charge in [-0.15, -0.1) is 0 Å². The number of methoxy groups -OCH3 is 1. The average molecular weight is 171 g/mol. The minimum Gasteiger partial charge on any atom is -0.447 e. The monoisotopic (exact) mass is 171 g/mol. The molecule has 0 aromatic heterocycles. The molecule has 0 aliphatic carbocycles. The van der Waals surface area contributed by atoms with Crippen LogP contribution < -0.4 is 0 Å². The van der Waals surface area contributed by atoms with Gasteiger partial charge in [0.1, 0.15) is 12.8 Å². The molecule has 0 spiro atoms. The number of hydrogen-bond donors (Lipinski definition) is 0. The molecule has 4 nitrogen and oxygen atoms in total. The first-order valence-electron chi connectivity index (χ1n) is 4.31. The van der Waals surface area contributed by atoms with Crippen LogP contribution in [0.4, 0.5) is 4.79 Å². The van der Waals surface area contributed by atoms with Gasteiger partial charge in [0.2, 0.25) is 0 Å². The van der Waals surface area contributed by atoms with Crippen LogP contribution in [0.15, 0.2) is 0 Å². The number of ether oxygens (including phenoxy) is 2. The Morgan fingerprint density at radius 3 is 3.17 bits per heavy atom. The number of carbonyl (C=O) groups excluding carboxylic acids is 1. The SMILES string of the molecule is CO[C@@H]1CCC[C@H]2COC(=O)N21. The van der Waals surface area contributed by atoms with Crippen LogP contribution in [0.1, 0.15) is 19.3 Å². The maximum absolute atomic E-state index is 11.2. The van der Waals surface area contributed by atoms with Crippen molar-refractivity contribution in [3.63, 3.8) is 0 Å². The minimum atomic E-state index is -0.216. The van der Waals surface area contributed by atoms with Gasteiger partial charge < -0.3 is 9.47 Å². The highest BCUT2D eigenvalue weighted by atomic mass is 16.6. The summed E-state index contributed by atoms with van der Waals surface area (Å²) in [5.74, 6) is 0. The van der Waals surface area contributed by atoms with Crippen molar-refractivity contribution in [1.82, 2.24) is 4.90 Å². The standard InChI is InChI=1S/C8H13NO3/c1-11-7-4-2-3-6-5-12-8(10)9(6)7/h6-7H,2-5H2,1H3/t6-,7+/m0/s1. The first kappa shape index (κ1) is 7.86. The van der Waals surface area contributed by atoms with E-state index in [1.54, 1.807) is 12.0 Å².